The molecule has 1 N–H and O–H groups in total. The summed E-state index contributed by atoms with van der Waals surface area (Å²) in [6, 6.07) is 1.87. The molecule has 0 spiro atoms. The van der Waals surface area contributed by atoms with E-state index in [1.54, 1.807) is 6.20 Å². The van der Waals surface area contributed by atoms with E-state index >= 15 is 0 Å². The largest absolute Gasteiger partial charge is 0.367 e. The molecule has 0 bridgehead atoms. The third kappa shape index (κ3) is 2.84. The lowest BCUT2D eigenvalue weighted by Gasteiger charge is -2.07. The number of anilines is 1. The first-order valence-electron chi connectivity index (χ1n) is 4.65. The lowest BCUT2D eigenvalue weighted by molar-refractivity contribution is 0.637. The monoisotopic (exact) mass is 257 g/mol. The molecule has 0 aromatic carbocycles. The van der Waals surface area contributed by atoms with Gasteiger partial charge in [0.05, 0.1) is 12.7 Å². The topological polar surface area (TPSA) is 55.6 Å². The van der Waals surface area contributed by atoms with Gasteiger partial charge in [0.25, 0.3) is 0 Å². The van der Waals surface area contributed by atoms with E-state index < -0.39 is 0 Å². The Labute approximate surface area is 102 Å². The van der Waals surface area contributed by atoms with Crippen LogP contribution >= 0.6 is 23.2 Å². The van der Waals surface area contributed by atoms with E-state index in [0.29, 0.717) is 17.4 Å². The van der Waals surface area contributed by atoms with Gasteiger partial charge in [0.2, 0.25) is 5.28 Å². The van der Waals surface area contributed by atoms with E-state index in [9.17, 15) is 0 Å². The van der Waals surface area contributed by atoms with E-state index in [2.05, 4.69) is 20.4 Å². The molecule has 84 valence electrons. The van der Waals surface area contributed by atoms with Gasteiger partial charge in [-0.1, -0.05) is 11.6 Å². The Kier molecular flexibility index (Phi) is 3.58. The molecule has 0 fully saturated rings. The van der Waals surface area contributed by atoms with E-state index in [0.717, 1.165) is 6.54 Å². The fraction of sp³-hybridized carbons (Fsp3) is 0.222. The van der Waals surface area contributed by atoms with Crippen LogP contribution in [-0.2, 0) is 6.54 Å². The zero-order valence-electron chi connectivity index (χ0n) is 8.27. The smallest absolute Gasteiger partial charge is 0.224 e. The normalized spacial score (nSPS) is 10.4. The average Bonchev–Trinajstić information content (AvgIpc) is 2.76. The zero-order chi connectivity index (χ0) is 11.4. The van der Waals surface area contributed by atoms with E-state index in [4.69, 9.17) is 23.2 Å². The minimum absolute atomic E-state index is 0.172. The van der Waals surface area contributed by atoms with Crippen molar-refractivity contribution in [1.82, 2.24) is 19.7 Å². The summed E-state index contributed by atoms with van der Waals surface area (Å²) in [7, 11) is 0. The van der Waals surface area contributed by atoms with Crippen molar-refractivity contribution in [3.63, 3.8) is 0 Å². The molecule has 2 heterocycles. The number of nitrogens with zero attached hydrogens (tertiary/aromatic N) is 4. The highest BCUT2D eigenvalue weighted by Gasteiger charge is 2.03. The highest BCUT2D eigenvalue weighted by atomic mass is 35.5. The number of rotatable bonds is 4. The van der Waals surface area contributed by atoms with Crippen molar-refractivity contribution in [3.8, 4) is 0 Å². The maximum atomic E-state index is 5.89. The molecule has 0 radical (unpaired) electrons. The number of nitrogens with one attached hydrogen (secondary N) is 1. The van der Waals surface area contributed by atoms with Crippen LogP contribution in [0.1, 0.15) is 0 Å². The Morgan fingerprint density at radius 2 is 2.25 bits per heavy atom. The Hall–Kier alpha value is -1.33. The number of hydrogen-bond donors (Lipinski definition) is 1. The first-order valence-corrected chi connectivity index (χ1v) is 5.40. The molecule has 16 heavy (non-hydrogen) atoms. The highest BCUT2D eigenvalue weighted by molar-refractivity contribution is 6.33. The Morgan fingerprint density at radius 3 is 3.00 bits per heavy atom. The molecular formula is C9H9Cl2N5. The van der Waals surface area contributed by atoms with Gasteiger partial charge in [0.15, 0.2) is 0 Å². The van der Waals surface area contributed by atoms with Crippen molar-refractivity contribution in [3.05, 3.63) is 35.0 Å². The Morgan fingerprint density at radius 1 is 1.38 bits per heavy atom. The molecule has 5 nitrogen and oxygen atoms in total. The highest BCUT2D eigenvalue weighted by Crippen LogP contribution is 2.18. The molecule has 0 aliphatic carbocycles. The van der Waals surface area contributed by atoms with Gasteiger partial charge in [-0.2, -0.15) is 10.1 Å². The summed E-state index contributed by atoms with van der Waals surface area (Å²) >= 11 is 11.5. The maximum absolute atomic E-state index is 5.89. The average molecular weight is 258 g/mol. The van der Waals surface area contributed by atoms with Gasteiger partial charge in [-0.25, -0.2) is 4.98 Å². The molecule has 2 rings (SSSR count). The van der Waals surface area contributed by atoms with Gasteiger partial charge < -0.3 is 5.32 Å². The second-order valence-electron chi connectivity index (χ2n) is 3.03. The van der Waals surface area contributed by atoms with Crippen LogP contribution in [0.3, 0.4) is 0 Å². The molecule has 0 saturated carbocycles. The van der Waals surface area contributed by atoms with Gasteiger partial charge >= 0.3 is 0 Å². The molecule has 0 aliphatic rings. The van der Waals surface area contributed by atoms with Crippen molar-refractivity contribution >= 4 is 29.0 Å². The molecule has 0 amide bonds. The molecule has 0 unspecified atom stereocenters. The van der Waals surface area contributed by atoms with Crippen LogP contribution in [0.15, 0.2) is 24.7 Å². The van der Waals surface area contributed by atoms with Gasteiger partial charge in [0.1, 0.15) is 10.8 Å². The molecule has 2 aromatic heterocycles. The van der Waals surface area contributed by atoms with E-state index in [1.807, 2.05) is 16.9 Å². The second kappa shape index (κ2) is 5.14. The second-order valence-corrected chi connectivity index (χ2v) is 3.78. The maximum Gasteiger partial charge on any atom is 0.224 e. The molecule has 7 heteroatoms. The predicted molar refractivity (Wildman–Crippen MR) is 62.8 cm³/mol. The summed E-state index contributed by atoms with van der Waals surface area (Å²) in [4.78, 5) is 7.74. The predicted octanol–water partition coefficient (Wildman–Crippen LogP) is 2.09. The van der Waals surface area contributed by atoms with E-state index in [1.165, 1.54) is 6.20 Å². The van der Waals surface area contributed by atoms with Crippen molar-refractivity contribution in [2.45, 2.75) is 6.54 Å². The van der Waals surface area contributed by atoms with Crippen LogP contribution < -0.4 is 5.32 Å². The van der Waals surface area contributed by atoms with Crippen LogP contribution in [0.5, 0.6) is 0 Å². The zero-order valence-corrected chi connectivity index (χ0v) is 9.78. The fourth-order valence-corrected chi connectivity index (χ4v) is 1.48. The molecule has 0 saturated heterocycles. The molecule has 0 atom stereocenters. The number of aromatic nitrogens is 4. The SMILES string of the molecule is Clc1ncc(Cl)c(NCCn2cccn2)n1. The standard InChI is InChI=1S/C9H9Cl2N5/c10-7-6-13-9(11)15-8(7)12-3-5-16-4-1-2-14-16/h1-2,4,6H,3,5H2,(H,12,13,15). The summed E-state index contributed by atoms with van der Waals surface area (Å²) in [6.45, 7) is 1.39. The van der Waals surface area contributed by atoms with Crippen LogP contribution in [0.2, 0.25) is 10.3 Å². The van der Waals surface area contributed by atoms with Crippen molar-refractivity contribution in [1.29, 1.82) is 0 Å². The minimum Gasteiger partial charge on any atom is -0.367 e. The first kappa shape index (κ1) is 11.2. The summed E-state index contributed by atoms with van der Waals surface area (Å²) in [6.07, 6.45) is 5.08. The van der Waals surface area contributed by atoms with Gasteiger partial charge in [0, 0.05) is 18.9 Å². The fourth-order valence-electron chi connectivity index (χ4n) is 1.19. The third-order valence-corrected chi connectivity index (χ3v) is 2.37. The third-order valence-electron chi connectivity index (χ3n) is 1.91. The lowest BCUT2D eigenvalue weighted by Crippen LogP contribution is -2.12. The van der Waals surface area contributed by atoms with Crippen molar-refractivity contribution in [2.24, 2.45) is 0 Å². The van der Waals surface area contributed by atoms with E-state index in [-0.39, 0.29) is 5.28 Å². The van der Waals surface area contributed by atoms with Crippen LogP contribution in [0.25, 0.3) is 0 Å². The lowest BCUT2D eigenvalue weighted by atomic mass is 10.5. The number of halogens is 2. The Balaban J connectivity index is 1.92. The summed E-state index contributed by atoms with van der Waals surface area (Å²) < 4.78 is 1.81. The van der Waals surface area contributed by atoms with Crippen LogP contribution in [0.4, 0.5) is 5.82 Å². The Bertz CT molecular complexity index is 457. The molecule has 0 aliphatic heterocycles. The van der Waals surface area contributed by atoms with Crippen molar-refractivity contribution in [2.75, 3.05) is 11.9 Å². The van der Waals surface area contributed by atoms with Gasteiger partial charge in [-0.15, -0.1) is 0 Å². The molecular weight excluding hydrogens is 249 g/mol. The van der Waals surface area contributed by atoms with Crippen LogP contribution in [0, 0.1) is 0 Å². The molecule has 2 aromatic rings. The van der Waals surface area contributed by atoms with Gasteiger partial charge in [-0.3, -0.25) is 4.68 Å². The van der Waals surface area contributed by atoms with Crippen LogP contribution in [-0.4, -0.2) is 26.3 Å². The number of hydrogen-bond acceptors (Lipinski definition) is 4. The van der Waals surface area contributed by atoms with Gasteiger partial charge in [-0.05, 0) is 17.7 Å². The summed E-state index contributed by atoms with van der Waals surface area (Å²) in [5.41, 5.74) is 0. The quantitative estimate of drug-likeness (QED) is 0.853. The summed E-state index contributed by atoms with van der Waals surface area (Å²) in [5.74, 6) is 0.536. The van der Waals surface area contributed by atoms with Crippen molar-refractivity contribution < 1.29 is 0 Å². The first-order chi connectivity index (χ1) is 7.75. The summed E-state index contributed by atoms with van der Waals surface area (Å²) in [5, 5.41) is 7.76. The minimum atomic E-state index is 0.172.